The van der Waals surface area contributed by atoms with Crippen LogP contribution in [0.15, 0.2) is 20.0 Å². The van der Waals surface area contributed by atoms with Gasteiger partial charge >= 0.3 is 5.97 Å². The van der Waals surface area contributed by atoms with Crippen molar-refractivity contribution in [3.8, 4) is 0 Å². The molecule has 1 rings (SSSR count). The Kier molecular flexibility index (Phi) is 5.31. The van der Waals surface area contributed by atoms with Gasteiger partial charge in [-0.25, -0.2) is 17.9 Å². The zero-order valence-corrected chi connectivity index (χ0v) is 13.1. The Morgan fingerprint density at radius 1 is 1.50 bits per heavy atom. The van der Waals surface area contributed by atoms with Crippen LogP contribution in [0.3, 0.4) is 0 Å². The molecule has 0 fully saturated rings. The first-order valence-corrected chi connectivity index (χ1v) is 7.73. The van der Waals surface area contributed by atoms with E-state index in [4.69, 9.17) is 9.52 Å². The first-order valence-electron chi connectivity index (χ1n) is 5.45. The van der Waals surface area contributed by atoms with E-state index in [1.54, 1.807) is 6.92 Å². The summed E-state index contributed by atoms with van der Waals surface area (Å²) in [6.45, 7) is 1.77. The van der Waals surface area contributed by atoms with Crippen molar-refractivity contribution in [1.29, 1.82) is 0 Å². The number of hydrogen-bond donors (Lipinski definition) is 2. The van der Waals surface area contributed by atoms with E-state index in [9.17, 15) is 18.0 Å². The third kappa shape index (κ3) is 3.81. The fourth-order valence-electron chi connectivity index (χ4n) is 1.19. The summed E-state index contributed by atoms with van der Waals surface area (Å²) in [5.74, 6) is -2.32. The normalized spacial score (nSPS) is 11.3. The number of nitrogens with one attached hydrogen (secondary N) is 1. The third-order valence-electron chi connectivity index (χ3n) is 2.47. The van der Waals surface area contributed by atoms with Crippen molar-refractivity contribution in [3.63, 3.8) is 0 Å². The number of likely N-dealkylation sites (N-methyl/N-ethyl adjacent to an activating group) is 1. The summed E-state index contributed by atoms with van der Waals surface area (Å²) in [6.07, 6.45) is 0. The standard InChI is InChI=1S/C10H13BrN2O6S/c1-3-13(2)8(14)5-12-20(17,18)7-4-6(10(15)16)19-9(7)11/h4,12H,3,5H2,1-2H3,(H,15,16). The van der Waals surface area contributed by atoms with Gasteiger partial charge in [-0.2, -0.15) is 0 Å². The van der Waals surface area contributed by atoms with Gasteiger partial charge < -0.3 is 14.4 Å². The highest BCUT2D eigenvalue weighted by Crippen LogP contribution is 2.25. The van der Waals surface area contributed by atoms with Crippen molar-refractivity contribution < 1.29 is 27.5 Å². The van der Waals surface area contributed by atoms with Gasteiger partial charge in [0.1, 0.15) is 4.90 Å². The van der Waals surface area contributed by atoms with Crippen molar-refractivity contribution >= 4 is 37.8 Å². The Morgan fingerprint density at radius 3 is 2.55 bits per heavy atom. The van der Waals surface area contributed by atoms with E-state index in [0.29, 0.717) is 6.54 Å². The molecule has 0 aliphatic carbocycles. The lowest BCUT2D eigenvalue weighted by Gasteiger charge is -2.14. The molecule has 1 heterocycles. The molecule has 2 N–H and O–H groups in total. The van der Waals surface area contributed by atoms with Crippen LogP contribution in [0.1, 0.15) is 17.5 Å². The monoisotopic (exact) mass is 368 g/mol. The van der Waals surface area contributed by atoms with Crippen LogP contribution >= 0.6 is 15.9 Å². The second-order valence-electron chi connectivity index (χ2n) is 3.79. The van der Waals surface area contributed by atoms with Crippen LogP contribution in [-0.2, 0) is 14.8 Å². The number of amides is 1. The van der Waals surface area contributed by atoms with Crippen molar-refractivity contribution in [1.82, 2.24) is 9.62 Å². The van der Waals surface area contributed by atoms with Gasteiger partial charge in [0.2, 0.25) is 21.7 Å². The van der Waals surface area contributed by atoms with Gasteiger partial charge in [-0.3, -0.25) is 4.79 Å². The van der Waals surface area contributed by atoms with E-state index in [1.807, 2.05) is 0 Å². The molecule has 0 unspecified atom stereocenters. The molecule has 0 aliphatic rings. The topological polar surface area (TPSA) is 117 Å². The molecule has 1 aromatic heterocycles. The highest BCUT2D eigenvalue weighted by atomic mass is 79.9. The third-order valence-corrected chi connectivity index (χ3v) is 4.73. The Labute approximate surface area is 123 Å². The molecule has 1 aromatic rings. The Morgan fingerprint density at radius 2 is 2.10 bits per heavy atom. The second-order valence-corrected chi connectivity index (χ2v) is 6.24. The van der Waals surface area contributed by atoms with Crippen LogP contribution in [0, 0.1) is 0 Å². The van der Waals surface area contributed by atoms with E-state index in [-0.39, 0.29) is 9.56 Å². The van der Waals surface area contributed by atoms with Crippen LogP contribution in [0.25, 0.3) is 0 Å². The first kappa shape index (κ1) is 16.7. The van der Waals surface area contributed by atoms with Gasteiger partial charge in [-0.15, -0.1) is 0 Å². The quantitative estimate of drug-likeness (QED) is 0.754. The van der Waals surface area contributed by atoms with E-state index in [2.05, 4.69) is 20.7 Å². The molecule has 1 amide bonds. The average molecular weight is 369 g/mol. The van der Waals surface area contributed by atoms with Crippen LogP contribution in [0.4, 0.5) is 0 Å². The zero-order valence-electron chi connectivity index (χ0n) is 10.7. The SMILES string of the molecule is CCN(C)C(=O)CNS(=O)(=O)c1cc(C(=O)O)oc1Br. The molecule has 0 aliphatic heterocycles. The molecule has 20 heavy (non-hydrogen) atoms. The van der Waals surface area contributed by atoms with Crippen LogP contribution in [-0.4, -0.2) is 50.4 Å². The number of hydrogen-bond acceptors (Lipinski definition) is 5. The number of sulfonamides is 1. The van der Waals surface area contributed by atoms with Crippen molar-refractivity contribution in [2.24, 2.45) is 0 Å². The number of carboxylic acids is 1. The smallest absolute Gasteiger partial charge is 0.371 e. The molecule has 0 radical (unpaired) electrons. The molecule has 0 saturated carbocycles. The number of nitrogens with zero attached hydrogens (tertiary/aromatic N) is 1. The highest BCUT2D eigenvalue weighted by molar-refractivity contribution is 9.10. The maximum absolute atomic E-state index is 11.9. The van der Waals surface area contributed by atoms with Gasteiger partial charge in [-0.1, -0.05) is 0 Å². The summed E-state index contributed by atoms with van der Waals surface area (Å²) in [4.78, 5) is 23.2. The number of carboxylic acid groups (broad SMARTS) is 1. The van der Waals surface area contributed by atoms with Crippen LogP contribution < -0.4 is 4.72 Å². The number of carbonyl (C=O) groups excluding carboxylic acids is 1. The first-order chi connectivity index (χ1) is 9.19. The molecule has 0 atom stereocenters. The predicted molar refractivity (Wildman–Crippen MR) is 71.9 cm³/mol. The Balaban J connectivity index is 2.89. The van der Waals surface area contributed by atoms with E-state index >= 15 is 0 Å². The fraction of sp³-hybridized carbons (Fsp3) is 0.400. The Bertz CT molecular complexity index is 624. The lowest BCUT2D eigenvalue weighted by atomic mass is 10.5. The van der Waals surface area contributed by atoms with Gasteiger partial charge in [0, 0.05) is 19.7 Å². The van der Waals surface area contributed by atoms with E-state index in [0.717, 1.165) is 6.07 Å². The minimum absolute atomic E-state index is 0.237. The molecular formula is C10H13BrN2O6S. The maximum Gasteiger partial charge on any atom is 0.371 e. The summed E-state index contributed by atoms with van der Waals surface area (Å²) < 4.78 is 30.5. The van der Waals surface area contributed by atoms with Crippen molar-refractivity contribution in [2.45, 2.75) is 11.8 Å². The number of aromatic carboxylic acids is 1. The number of rotatable bonds is 6. The van der Waals surface area contributed by atoms with Gasteiger partial charge in [0.25, 0.3) is 0 Å². The minimum Gasteiger partial charge on any atom is -0.475 e. The maximum atomic E-state index is 11.9. The van der Waals surface area contributed by atoms with Gasteiger partial charge in [-0.05, 0) is 22.9 Å². The van der Waals surface area contributed by atoms with Gasteiger partial charge in [0.15, 0.2) is 4.67 Å². The Hall–Kier alpha value is -1.39. The zero-order chi connectivity index (χ0) is 15.5. The lowest BCUT2D eigenvalue weighted by Crippen LogP contribution is -2.37. The molecule has 0 saturated heterocycles. The molecule has 0 aromatic carbocycles. The second kappa shape index (κ2) is 6.37. The number of carbonyl (C=O) groups is 2. The largest absolute Gasteiger partial charge is 0.475 e. The highest BCUT2D eigenvalue weighted by Gasteiger charge is 2.25. The summed E-state index contributed by atoms with van der Waals surface area (Å²) in [5.41, 5.74) is 0. The molecule has 0 spiro atoms. The molecule has 10 heteroatoms. The molecule has 112 valence electrons. The van der Waals surface area contributed by atoms with Gasteiger partial charge in [0.05, 0.1) is 6.54 Å². The molecule has 0 bridgehead atoms. The van der Waals surface area contributed by atoms with E-state index < -0.39 is 34.2 Å². The molecular weight excluding hydrogens is 356 g/mol. The van der Waals surface area contributed by atoms with Crippen molar-refractivity contribution in [2.75, 3.05) is 20.1 Å². The minimum atomic E-state index is -4.04. The molecule has 8 nitrogen and oxygen atoms in total. The number of furan rings is 1. The van der Waals surface area contributed by atoms with Crippen LogP contribution in [0.2, 0.25) is 0 Å². The van der Waals surface area contributed by atoms with E-state index in [1.165, 1.54) is 11.9 Å². The predicted octanol–water partition coefficient (Wildman–Crippen LogP) is 0.497. The fourth-order valence-corrected chi connectivity index (χ4v) is 3.10. The van der Waals surface area contributed by atoms with Crippen molar-refractivity contribution in [3.05, 3.63) is 16.5 Å². The summed E-state index contributed by atoms with van der Waals surface area (Å²) in [5, 5.41) is 8.72. The average Bonchev–Trinajstić information content (AvgIpc) is 2.78. The lowest BCUT2D eigenvalue weighted by molar-refractivity contribution is -0.128. The summed E-state index contributed by atoms with van der Waals surface area (Å²) >= 11 is 2.83. The summed E-state index contributed by atoms with van der Waals surface area (Å²) in [7, 11) is -2.51. The summed E-state index contributed by atoms with van der Waals surface area (Å²) in [6, 6.07) is 0.864. The number of halogens is 1. The van der Waals surface area contributed by atoms with Crippen LogP contribution in [0.5, 0.6) is 0 Å².